The lowest BCUT2D eigenvalue weighted by Gasteiger charge is -2.27. The Balaban J connectivity index is 1.58. The summed E-state index contributed by atoms with van der Waals surface area (Å²) in [6.45, 7) is 6.29. The van der Waals surface area contributed by atoms with Crippen LogP contribution >= 0.6 is 0 Å². The lowest BCUT2D eigenvalue weighted by Crippen LogP contribution is -2.49. The Morgan fingerprint density at radius 2 is 1.71 bits per heavy atom. The van der Waals surface area contributed by atoms with Gasteiger partial charge in [0, 0.05) is 12.2 Å². The molecule has 3 aromatic carbocycles. The first kappa shape index (κ1) is 24.5. The van der Waals surface area contributed by atoms with E-state index in [0.29, 0.717) is 25.9 Å². The van der Waals surface area contributed by atoms with Gasteiger partial charge in [-0.25, -0.2) is 4.79 Å². The van der Waals surface area contributed by atoms with Gasteiger partial charge in [-0.2, -0.15) is 0 Å². The van der Waals surface area contributed by atoms with Gasteiger partial charge in [0.2, 0.25) is 5.91 Å². The molecular weight excluding hydrogens is 438 g/mol. The predicted molar refractivity (Wildman–Crippen MR) is 139 cm³/mol. The van der Waals surface area contributed by atoms with Crippen molar-refractivity contribution in [2.75, 3.05) is 4.90 Å². The largest absolute Gasteiger partial charge is 0.444 e. The third kappa shape index (κ3) is 5.89. The highest BCUT2D eigenvalue weighted by Crippen LogP contribution is 2.30. The first-order valence-corrected chi connectivity index (χ1v) is 12.0. The second-order valence-corrected chi connectivity index (χ2v) is 9.85. The van der Waals surface area contributed by atoms with Crippen LogP contribution in [0, 0.1) is 0 Å². The van der Waals surface area contributed by atoms with E-state index in [9.17, 15) is 9.59 Å². The monoisotopic (exact) mass is 471 g/mol. The fourth-order valence-corrected chi connectivity index (χ4v) is 4.41. The smallest absolute Gasteiger partial charge is 0.408 e. The van der Waals surface area contributed by atoms with E-state index in [-0.39, 0.29) is 5.91 Å². The van der Waals surface area contributed by atoms with Crippen LogP contribution in [0.2, 0.25) is 0 Å². The molecule has 35 heavy (non-hydrogen) atoms. The second-order valence-electron chi connectivity index (χ2n) is 9.85. The first-order chi connectivity index (χ1) is 16.7. The zero-order valence-corrected chi connectivity index (χ0v) is 20.6. The molecule has 0 saturated heterocycles. The molecule has 1 aliphatic heterocycles. The highest BCUT2D eigenvalue weighted by atomic mass is 16.6. The molecule has 6 heteroatoms. The number of alkyl carbamates (subject to hydrolysis) is 1. The summed E-state index contributed by atoms with van der Waals surface area (Å²) in [6, 6.07) is 23.6. The fraction of sp³-hybridized carbons (Fsp3) is 0.310. The molecule has 0 unspecified atom stereocenters. The van der Waals surface area contributed by atoms with Crippen molar-refractivity contribution in [3.63, 3.8) is 0 Å². The van der Waals surface area contributed by atoms with Crippen LogP contribution in [0.5, 0.6) is 0 Å². The van der Waals surface area contributed by atoms with Gasteiger partial charge in [0.1, 0.15) is 11.6 Å². The number of carbonyl (C=O) groups excluding carboxylic acids is 2. The number of aryl methyl sites for hydroxylation is 1. The lowest BCUT2D eigenvalue weighted by molar-refractivity contribution is -0.120. The van der Waals surface area contributed by atoms with Gasteiger partial charge in [0.05, 0.1) is 6.54 Å². The van der Waals surface area contributed by atoms with Crippen molar-refractivity contribution in [2.24, 2.45) is 5.73 Å². The van der Waals surface area contributed by atoms with Crippen molar-refractivity contribution in [1.82, 2.24) is 5.32 Å². The number of anilines is 1. The molecule has 0 aromatic heterocycles. The quantitative estimate of drug-likeness (QED) is 0.537. The third-order valence-electron chi connectivity index (χ3n) is 6.08. The number of ether oxygens (including phenoxy) is 1. The zero-order chi connectivity index (χ0) is 25.0. The summed E-state index contributed by atoms with van der Waals surface area (Å²) >= 11 is 0. The molecule has 1 heterocycles. The fourth-order valence-electron chi connectivity index (χ4n) is 4.41. The van der Waals surface area contributed by atoms with Crippen LogP contribution in [0.1, 0.15) is 43.9 Å². The molecule has 182 valence electrons. The first-order valence-electron chi connectivity index (χ1n) is 12.0. The van der Waals surface area contributed by atoms with E-state index in [1.807, 2.05) is 54.6 Å². The van der Waals surface area contributed by atoms with Crippen LogP contribution in [0.3, 0.4) is 0 Å². The van der Waals surface area contributed by atoms with Crippen LogP contribution < -0.4 is 16.0 Å². The van der Waals surface area contributed by atoms with E-state index in [0.717, 1.165) is 33.5 Å². The topological polar surface area (TPSA) is 84.7 Å². The Labute approximate surface area is 207 Å². The summed E-state index contributed by atoms with van der Waals surface area (Å²) in [7, 11) is 0. The lowest BCUT2D eigenvalue weighted by atomic mass is 9.98. The number of fused-ring (bicyclic) bond motifs is 1. The number of carbonyl (C=O) groups is 2. The summed E-state index contributed by atoms with van der Waals surface area (Å²) < 4.78 is 5.40. The Bertz CT molecular complexity index is 1200. The van der Waals surface area contributed by atoms with Crippen molar-refractivity contribution in [3.05, 3.63) is 89.5 Å². The standard InChI is InChI=1S/C29H33N3O3/c1-29(2,3)35-28(34)31-25-17-16-22-8-5-7-11-26(22)32(27(25)33)19-20-12-14-21(15-13-20)24-10-6-4-9-23(24)18-30/h4-15,25H,16-19,30H2,1-3H3,(H,31,34)/t25-/m1/s1. The molecule has 6 nitrogen and oxygen atoms in total. The van der Waals surface area contributed by atoms with Gasteiger partial charge in [0.15, 0.2) is 0 Å². The van der Waals surface area contributed by atoms with Gasteiger partial charge in [-0.15, -0.1) is 0 Å². The molecule has 0 aliphatic carbocycles. The number of nitrogens with two attached hydrogens (primary N) is 1. The Morgan fingerprint density at radius 3 is 2.43 bits per heavy atom. The molecule has 1 atom stereocenters. The summed E-state index contributed by atoms with van der Waals surface area (Å²) in [5.41, 5.74) is 11.5. The highest BCUT2D eigenvalue weighted by Gasteiger charge is 2.32. The minimum absolute atomic E-state index is 0.140. The molecule has 0 spiro atoms. The van der Waals surface area contributed by atoms with E-state index in [4.69, 9.17) is 10.5 Å². The molecule has 4 rings (SSSR count). The van der Waals surface area contributed by atoms with Gasteiger partial charge in [-0.05, 0) is 67.5 Å². The van der Waals surface area contributed by atoms with Gasteiger partial charge < -0.3 is 20.7 Å². The molecule has 0 bridgehead atoms. The van der Waals surface area contributed by atoms with Gasteiger partial charge in [0.25, 0.3) is 0 Å². The molecule has 0 fully saturated rings. The van der Waals surface area contributed by atoms with E-state index < -0.39 is 17.7 Å². The average Bonchev–Trinajstić information content (AvgIpc) is 2.96. The Kier molecular flexibility index (Phi) is 7.22. The van der Waals surface area contributed by atoms with Crippen molar-refractivity contribution in [2.45, 2.75) is 58.3 Å². The summed E-state index contributed by atoms with van der Waals surface area (Å²) in [4.78, 5) is 27.8. The summed E-state index contributed by atoms with van der Waals surface area (Å²) in [6.07, 6.45) is 0.623. The number of nitrogens with zero attached hydrogens (tertiary/aromatic N) is 1. The number of rotatable bonds is 5. The van der Waals surface area contributed by atoms with Gasteiger partial charge in [-0.3, -0.25) is 4.79 Å². The van der Waals surface area contributed by atoms with Crippen LogP contribution in [0.4, 0.5) is 10.5 Å². The molecule has 3 N–H and O–H groups in total. The van der Waals surface area contributed by atoms with Gasteiger partial charge in [-0.1, -0.05) is 66.7 Å². The zero-order valence-electron chi connectivity index (χ0n) is 20.6. The maximum atomic E-state index is 13.6. The Morgan fingerprint density at radius 1 is 1.03 bits per heavy atom. The number of para-hydroxylation sites is 1. The second kappa shape index (κ2) is 10.3. The van der Waals surface area contributed by atoms with E-state index >= 15 is 0 Å². The highest BCUT2D eigenvalue weighted by molar-refractivity contribution is 6.00. The average molecular weight is 472 g/mol. The SMILES string of the molecule is CC(C)(C)OC(=O)N[C@@H]1CCc2ccccc2N(Cc2ccc(-c3ccccc3CN)cc2)C1=O. The number of nitrogens with one attached hydrogen (secondary N) is 1. The number of hydrogen-bond donors (Lipinski definition) is 2. The minimum atomic E-state index is -0.659. The molecule has 3 aromatic rings. The van der Waals surface area contributed by atoms with Crippen LogP contribution in [0.25, 0.3) is 11.1 Å². The van der Waals surface area contributed by atoms with Gasteiger partial charge >= 0.3 is 6.09 Å². The van der Waals surface area contributed by atoms with E-state index in [1.54, 1.807) is 25.7 Å². The van der Waals surface area contributed by atoms with Crippen LogP contribution in [0.15, 0.2) is 72.8 Å². The van der Waals surface area contributed by atoms with Crippen LogP contribution in [-0.2, 0) is 29.0 Å². The molecule has 0 saturated carbocycles. The van der Waals surface area contributed by atoms with Crippen molar-refractivity contribution in [1.29, 1.82) is 0 Å². The minimum Gasteiger partial charge on any atom is -0.444 e. The molecule has 1 aliphatic rings. The molecule has 2 amide bonds. The summed E-state index contributed by atoms with van der Waals surface area (Å²) in [5.74, 6) is -0.140. The molecular formula is C29H33N3O3. The maximum absolute atomic E-state index is 13.6. The summed E-state index contributed by atoms with van der Waals surface area (Å²) in [5, 5.41) is 2.79. The normalized spacial score (nSPS) is 15.8. The number of benzene rings is 3. The third-order valence-corrected chi connectivity index (χ3v) is 6.08. The van der Waals surface area contributed by atoms with Crippen molar-refractivity contribution in [3.8, 4) is 11.1 Å². The Hall–Kier alpha value is -3.64. The number of hydrogen-bond acceptors (Lipinski definition) is 4. The number of amides is 2. The van der Waals surface area contributed by atoms with Crippen molar-refractivity contribution < 1.29 is 14.3 Å². The predicted octanol–water partition coefficient (Wildman–Crippen LogP) is 5.19. The van der Waals surface area contributed by atoms with Crippen molar-refractivity contribution >= 4 is 17.7 Å². The van der Waals surface area contributed by atoms with Crippen LogP contribution in [-0.4, -0.2) is 23.6 Å². The molecule has 0 radical (unpaired) electrons. The van der Waals surface area contributed by atoms with E-state index in [1.165, 1.54) is 0 Å². The maximum Gasteiger partial charge on any atom is 0.408 e. The van der Waals surface area contributed by atoms with E-state index in [2.05, 4.69) is 23.5 Å².